The van der Waals surface area contributed by atoms with Crippen LogP contribution >= 0.6 is 15.9 Å². The Morgan fingerprint density at radius 1 is 0.897 bits per heavy atom. The zero-order chi connectivity index (χ0) is 20.5. The Morgan fingerprint density at radius 3 is 2.41 bits per heavy atom. The molecule has 6 heteroatoms. The van der Waals surface area contributed by atoms with Gasteiger partial charge in [0.05, 0.1) is 27.0 Å². The molecule has 1 N–H and O–H groups in total. The number of hydrogen-bond donors (Lipinski definition) is 1. The number of methoxy groups -OCH3 is 2. The van der Waals surface area contributed by atoms with Gasteiger partial charge in [0.25, 0.3) is 0 Å². The molecule has 0 aromatic heterocycles. The van der Waals surface area contributed by atoms with Gasteiger partial charge in [-0.15, -0.1) is 0 Å². The molecular weight excluding hydrogens is 432 g/mol. The maximum Gasteiger partial charge on any atom is 0.161 e. The van der Waals surface area contributed by atoms with Crippen molar-refractivity contribution >= 4 is 22.1 Å². The van der Waals surface area contributed by atoms with Crippen molar-refractivity contribution in [1.82, 2.24) is 5.43 Å². The zero-order valence-corrected chi connectivity index (χ0v) is 18.0. The van der Waals surface area contributed by atoms with Gasteiger partial charge in [0.1, 0.15) is 12.4 Å². The van der Waals surface area contributed by atoms with E-state index < -0.39 is 0 Å². The van der Waals surface area contributed by atoms with E-state index in [9.17, 15) is 0 Å². The maximum atomic E-state index is 5.90. The molecular formula is C23H23BrN2O3. The molecule has 0 saturated heterocycles. The van der Waals surface area contributed by atoms with E-state index in [1.165, 1.54) is 0 Å². The van der Waals surface area contributed by atoms with E-state index >= 15 is 0 Å². The highest BCUT2D eigenvalue weighted by atomic mass is 79.9. The molecule has 3 rings (SSSR count). The van der Waals surface area contributed by atoms with Gasteiger partial charge in [0.2, 0.25) is 0 Å². The molecule has 3 aromatic rings. The topological polar surface area (TPSA) is 52.1 Å². The van der Waals surface area contributed by atoms with Crippen LogP contribution in [-0.4, -0.2) is 20.4 Å². The van der Waals surface area contributed by atoms with Gasteiger partial charge in [0.15, 0.2) is 11.5 Å². The first-order chi connectivity index (χ1) is 14.2. The third-order valence-corrected chi connectivity index (χ3v) is 4.79. The number of nitrogens with zero attached hydrogens (tertiary/aromatic N) is 1. The fourth-order valence-corrected chi connectivity index (χ4v) is 2.99. The van der Waals surface area contributed by atoms with E-state index in [4.69, 9.17) is 14.2 Å². The average Bonchev–Trinajstić information content (AvgIpc) is 2.77. The number of nitrogens with one attached hydrogen (secondary N) is 1. The SMILES string of the molecule is COc1ccccc1CN/N=C\c1ccc(OCc2ccc(Br)cc2)c(OC)c1. The summed E-state index contributed by atoms with van der Waals surface area (Å²) >= 11 is 3.43. The van der Waals surface area contributed by atoms with Crippen molar-refractivity contribution < 1.29 is 14.2 Å². The van der Waals surface area contributed by atoms with E-state index in [0.29, 0.717) is 24.7 Å². The number of ether oxygens (including phenoxy) is 3. The number of para-hydroxylation sites is 1. The molecule has 0 bridgehead atoms. The molecule has 0 amide bonds. The lowest BCUT2D eigenvalue weighted by Gasteiger charge is -2.11. The first kappa shape index (κ1) is 20.7. The summed E-state index contributed by atoms with van der Waals surface area (Å²) in [6, 6.07) is 21.6. The van der Waals surface area contributed by atoms with Gasteiger partial charge in [-0.05, 0) is 47.5 Å². The predicted molar refractivity (Wildman–Crippen MR) is 119 cm³/mol. The van der Waals surface area contributed by atoms with Gasteiger partial charge in [0, 0.05) is 10.0 Å². The third kappa shape index (κ3) is 5.99. The van der Waals surface area contributed by atoms with Crippen molar-refractivity contribution in [3.63, 3.8) is 0 Å². The van der Waals surface area contributed by atoms with Crippen molar-refractivity contribution in [1.29, 1.82) is 0 Å². The summed E-state index contributed by atoms with van der Waals surface area (Å²) in [6.07, 6.45) is 1.75. The largest absolute Gasteiger partial charge is 0.496 e. The lowest BCUT2D eigenvalue weighted by molar-refractivity contribution is 0.284. The van der Waals surface area contributed by atoms with Gasteiger partial charge in [-0.2, -0.15) is 5.10 Å². The molecule has 5 nitrogen and oxygen atoms in total. The second-order valence-corrected chi connectivity index (χ2v) is 7.15. The molecule has 0 fully saturated rings. The van der Waals surface area contributed by atoms with Crippen molar-refractivity contribution in [3.05, 3.63) is 87.9 Å². The van der Waals surface area contributed by atoms with Crippen LogP contribution in [0.2, 0.25) is 0 Å². The highest BCUT2D eigenvalue weighted by Gasteiger charge is 2.06. The number of halogens is 1. The van der Waals surface area contributed by atoms with E-state index in [2.05, 4.69) is 26.5 Å². The third-order valence-electron chi connectivity index (χ3n) is 4.26. The molecule has 0 heterocycles. The molecule has 0 aliphatic heterocycles. The van der Waals surface area contributed by atoms with Crippen LogP contribution in [0.25, 0.3) is 0 Å². The molecule has 0 atom stereocenters. The summed E-state index contributed by atoms with van der Waals surface area (Å²) in [5.41, 5.74) is 6.08. The first-order valence-electron chi connectivity index (χ1n) is 9.12. The van der Waals surface area contributed by atoms with Gasteiger partial charge < -0.3 is 19.6 Å². The average molecular weight is 455 g/mol. The highest BCUT2D eigenvalue weighted by Crippen LogP contribution is 2.28. The summed E-state index contributed by atoms with van der Waals surface area (Å²) in [4.78, 5) is 0. The van der Waals surface area contributed by atoms with Crippen LogP contribution in [0.4, 0.5) is 0 Å². The van der Waals surface area contributed by atoms with Gasteiger partial charge in [-0.3, -0.25) is 0 Å². The molecule has 0 spiro atoms. The number of rotatable bonds is 9. The molecule has 0 saturated carbocycles. The number of benzene rings is 3. The summed E-state index contributed by atoms with van der Waals surface area (Å²) in [5, 5.41) is 4.29. The Labute approximate surface area is 179 Å². The van der Waals surface area contributed by atoms with Crippen molar-refractivity contribution in [2.24, 2.45) is 5.10 Å². The molecule has 150 valence electrons. The predicted octanol–water partition coefficient (Wildman–Crippen LogP) is 5.17. The lowest BCUT2D eigenvalue weighted by Crippen LogP contribution is -2.07. The summed E-state index contributed by atoms with van der Waals surface area (Å²) < 4.78 is 17.8. The van der Waals surface area contributed by atoms with E-state index in [0.717, 1.165) is 26.9 Å². The van der Waals surface area contributed by atoms with Crippen LogP contribution in [-0.2, 0) is 13.2 Å². The summed E-state index contributed by atoms with van der Waals surface area (Å²) in [5.74, 6) is 2.19. The Bertz CT molecular complexity index is 959. The first-order valence-corrected chi connectivity index (χ1v) is 9.92. The normalized spacial score (nSPS) is 10.7. The van der Waals surface area contributed by atoms with Crippen LogP contribution in [0.3, 0.4) is 0 Å². The highest BCUT2D eigenvalue weighted by molar-refractivity contribution is 9.10. The van der Waals surface area contributed by atoms with E-state index in [1.807, 2.05) is 66.7 Å². The molecule has 0 aliphatic rings. The fraction of sp³-hybridized carbons (Fsp3) is 0.174. The monoisotopic (exact) mass is 454 g/mol. The fourth-order valence-electron chi connectivity index (χ4n) is 2.73. The Morgan fingerprint density at radius 2 is 1.66 bits per heavy atom. The molecule has 0 unspecified atom stereocenters. The summed E-state index contributed by atoms with van der Waals surface area (Å²) in [6.45, 7) is 1.05. The standard InChI is InChI=1S/C23H23BrN2O3/c1-27-21-6-4-3-5-19(21)15-26-25-14-18-9-12-22(23(13-18)28-2)29-16-17-7-10-20(24)11-8-17/h3-14,26H,15-16H2,1-2H3/b25-14-. The second-order valence-electron chi connectivity index (χ2n) is 6.23. The Hall–Kier alpha value is -2.99. The number of hydrogen-bond acceptors (Lipinski definition) is 5. The smallest absolute Gasteiger partial charge is 0.161 e. The maximum absolute atomic E-state index is 5.90. The minimum atomic E-state index is 0.470. The van der Waals surface area contributed by atoms with Crippen LogP contribution in [0.1, 0.15) is 16.7 Å². The van der Waals surface area contributed by atoms with Crippen LogP contribution in [0, 0.1) is 0 Å². The molecule has 29 heavy (non-hydrogen) atoms. The van der Waals surface area contributed by atoms with Crippen molar-refractivity contribution in [3.8, 4) is 17.2 Å². The number of hydrazone groups is 1. The molecule has 0 radical (unpaired) electrons. The van der Waals surface area contributed by atoms with Crippen LogP contribution < -0.4 is 19.6 Å². The minimum absolute atomic E-state index is 0.470. The second kappa shape index (κ2) is 10.5. The van der Waals surface area contributed by atoms with Crippen molar-refractivity contribution in [2.45, 2.75) is 13.2 Å². The Balaban J connectivity index is 1.59. The van der Waals surface area contributed by atoms with Gasteiger partial charge >= 0.3 is 0 Å². The molecule has 3 aromatic carbocycles. The van der Waals surface area contributed by atoms with Crippen LogP contribution in [0.15, 0.2) is 76.3 Å². The van der Waals surface area contributed by atoms with Crippen LogP contribution in [0.5, 0.6) is 17.2 Å². The van der Waals surface area contributed by atoms with Gasteiger partial charge in [-0.1, -0.05) is 46.3 Å². The van der Waals surface area contributed by atoms with E-state index in [1.54, 1.807) is 20.4 Å². The minimum Gasteiger partial charge on any atom is -0.496 e. The van der Waals surface area contributed by atoms with E-state index in [-0.39, 0.29) is 0 Å². The van der Waals surface area contributed by atoms with Gasteiger partial charge in [-0.25, -0.2) is 0 Å². The zero-order valence-electron chi connectivity index (χ0n) is 16.4. The Kier molecular flexibility index (Phi) is 7.53. The lowest BCUT2D eigenvalue weighted by atomic mass is 10.2. The summed E-state index contributed by atoms with van der Waals surface area (Å²) in [7, 11) is 3.29. The van der Waals surface area contributed by atoms with Crippen molar-refractivity contribution in [2.75, 3.05) is 14.2 Å². The molecule has 0 aliphatic carbocycles. The quantitative estimate of drug-likeness (QED) is 0.357.